The Hall–Kier alpha value is -1.65. The molecule has 0 radical (unpaired) electrons. The van der Waals surface area contributed by atoms with Gasteiger partial charge in [0.25, 0.3) is 5.91 Å². The molecule has 1 N–H and O–H groups in total. The minimum absolute atomic E-state index is 0.317. The highest BCUT2D eigenvalue weighted by molar-refractivity contribution is 9.10. The molecule has 0 aliphatic rings. The second-order valence-corrected chi connectivity index (χ2v) is 6.44. The summed E-state index contributed by atoms with van der Waals surface area (Å²) in [6, 6.07) is 2.13. The first-order valence-corrected chi connectivity index (χ1v) is 7.48. The van der Waals surface area contributed by atoms with E-state index in [4.69, 9.17) is 0 Å². The van der Waals surface area contributed by atoms with Gasteiger partial charge < -0.3 is 5.32 Å². The molecule has 7 heteroatoms. The predicted octanol–water partition coefficient (Wildman–Crippen LogP) is 3.29. The molecule has 20 heavy (non-hydrogen) atoms. The molecule has 104 valence electrons. The molecule has 0 saturated heterocycles. The summed E-state index contributed by atoms with van der Waals surface area (Å²) in [7, 11) is 1.77. The van der Waals surface area contributed by atoms with Crippen molar-refractivity contribution in [2.24, 2.45) is 7.05 Å². The number of hydrogen-bond donors (Lipinski definition) is 1. The van der Waals surface area contributed by atoms with Gasteiger partial charge in [-0.1, -0.05) is 0 Å². The van der Waals surface area contributed by atoms with E-state index in [1.807, 2.05) is 20.8 Å². The molecular formula is C13H13BrN4OS. The first-order valence-electron chi connectivity index (χ1n) is 5.87. The number of aryl methyl sites for hydroxylation is 2. The molecule has 2 aromatic heterocycles. The molecule has 0 fully saturated rings. The lowest BCUT2D eigenvalue weighted by Gasteiger charge is -2.01. The van der Waals surface area contributed by atoms with E-state index in [1.54, 1.807) is 11.7 Å². The Bertz CT molecular complexity index is 739. The fourth-order valence-corrected chi connectivity index (χ4v) is 3.26. The first kappa shape index (κ1) is 14.8. The van der Waals surface area contributed by atoms with Gasteiger partial charge >= 0.3 is 0 Å². The van der Waals surface area contributed by atoms with Crippen LogP contribution in [0, 0.1) is 32.1 Å². The van der Waals surface area contributed by atoms with E-state index in [0.717, 1.165) is 16.1 Å². The summed E-state index contributed by atoms with van der Waals surface area (Å²) >= 11 is 4.77. The van der Waals surface area contributed by atoms with Crippen LogP contribution < -0.4 is 5.32 Å². The molecule has 0 aromatic carbocycles. The van der Waals surface area contributed by atoms with Crippen molar-refractivity contribution in [3.63, 3.8) is 0 Å². The fourth-order valence-electron chi connectivity index (χ4n) is 1.74. The van der Waals surface area contributed by atoms with E-state index in [1.165, 1.54) is 11.3 Å². The number of thiophene rings is 1. The van der Waals surface area contributed by atoms with Crippen molar-refractivity contribution in [1.82, 2.24) is 9.78 Å². The van der Waals surface area contributed by atoms with Gasteiger partial charge in [-0.25, -0.2) is 0 Å². The van der Waals surface area contributed by atoms with Gasteiger partial charge in [0.1, 0.15) is 11.1 Å². The Morgan fingerprint density at radius 1 is 1.45 bits per heavy atom. The van der Waals surface area contributed by atoms with Gasteiger partial charge in [-0.05, 0) is 42.3 Å². The van der Waals surface area contributed by atoms with E-state index in [9.17, 15) is 10.1 Å². The van der Waals surface area contributed by atoms with Gasteiger partial charge in [0.15, 0.2) is 5.69 Å². The van der Waals surface area contributed by atoms with Gasteiger partial charge in [-0.3, -0.25) is 9.48 Å². The lowest BCUT2D eigenvalue weighted by atomic mass is 10.2. The number of carbonyl (C=O) groups excluding carboxylic acids is 1. The average Bonchev–Trinajstić information content (AvgIpc) is 2.81. The molecule has 5 nitrogen and oxygen atoms in total. The number of nitrogens with zero attached hydrogens (tertiary/aromatic N) is 3. The van der Waals surface area contributed by atoms with Crippen LogP contribution in [0.2, 0.25) is 0 Å². The maximum atomic E-state index is 12.3. The lowest BCUT2D eigenvalue weighted by Crippen LogP contribution is -2.13. The molecule has 1 amide bonds. The van der Waals surface area contributed by atoms with Crippen LogP contribution in [0.25, 0.3) is 0 Å². The molecule has 0 spiro atoms. The summed E-state index contributed by atoms with van der Waals surface area (Å²) in [5.74, 6) is -0.321. The predicted molar refractivity (Wildman–Crippen MR) is 82.1 cm³/mol. The van der Waals surface area contributed by atoms with Gasteiger partial charge in [0, 0.05) is 11.9 Å². The zero-order valence-electron chi connectivity index (χ0n) is 11.5. The zero-order valence-corrected chi connectivity index (χ0v) is 13.9. The molecule has 0 atom stereocenters. The molecule has 0 unspecified atom stereocenters. The lowest BCUT2D eigenvalue weighted by molar-refractivity contribution is 0.102. The Labute approximate surface area is 129 Å². The highest BCUT2D eigenvalue weighted by Gasteiger charge is 2.21. The maximum Gasteiger partial charge on any atom is 0.277 e. The van der Waals surface area contributed by atoms with Crippen molar-refractivity contribution in [2.75, 3.05) is 5.32 Å². The van der Waals surface area contributed by atoms with Crippen LogP contribution in [0.3, 0.4) is 0 Å². The highest BCUT2D eigenvalue weighted by atomic mass is 79.9. The van der Waals surface area contributed by atoms with E-state index in [2.05, 4.69) is 32.4 Å². The van der Waals surface area contributed by atoms with Crippen molar-refractivity contribution in [2.45, 2.75) is 20.8 Å². The van der Waals surface area contributed by atoms with E-state index in [0.29, 0.717) is 20.7 Å². The molecule has 0 saturated carbocycles. The van der Waals surface area contributed by atoms with Crippen LogP contribution in [-0.2, 0) is 7.05 Å². The van der Waals surface area contributed by atoms with Crippen molar-refractivity contribution < 1.29 is 4.79 Å². The second kappa shape index (κ2) is 5.38. The number of halogens is 1. The van der Waals surface area contributed by atoms with Crippen LogP contribution in [-0.4, -0.2) is 15.7 Å². The Morgan fingerprint density at radius 2 is 2.10 bits per heavy atom. The van der Waals surface area contributed by atoms with E-state index < -0.39 is 0 Å². The largest absolute Gasteiger partial charge is 0.311 e. The number of aromatic nitrogens is 2. The third kappa shape index (κ3) is 2.37. The standard InChI is InChI=1S/C13H13BrN4OS/c1-6-8(3)20-13(9(6)5-15)16-12(19)11-10(14)7(2)18(4)17-11/h1-4H3,(H,16,19). The fraction of sp³-hybridized carbons (Fsp3) is 0.308. The SMILES string of the molecule is Cc1sc(NC(=O)c2nn(C)c(C)c2Br)c(C#N)c1C. The first-order chi connectivity index (χ1) is 9.36. The van der Waals surface area contributed by atoms with Crippen molar-refractivity contribution in [3.05, 3.63) is 31.9 Å². The second-order valence-electron chi connectivity index (χ2n) is 4.42. The summed E-state index contributed by atoms with van der Waals surface area (Å²) in [6.07, 6.45) is 0. The topological polar surface area (TPSA) is 70.7 Å². The molecule has 0 bridgehead atoms. The van der Waals surface area contributed by atoms with Gasteiger partial charge in [0.05, 0.1) is 15.7 Å². The van der Waals surface area contributed by atoms with Crippen molar-refractivity contribution >= 4 is 38.2 Å². The summed E-state index contributed by atoms with van der Waals surface area (Å²) in [6.45, 7) is 5.67. The van der Waals surface area contributed by atoms with Gasteiger partial charge in [-0.2, -0.15) is 10.4 Å². The maximum absolute atomic E-state index is 12.3. The summed E-state index contributed by atoms with van der Waals surface area (Å²) in [5.41, 5.74) is 2.61. The minimum Gasteiger partial charge on any atom is -0.311 e. The number of carbonyl (C=O) groups is 1. The quantitative estimate of drug-likeness (QED) is 0.901. The number of amides is 1. The summed E-state index contributed by atoms with van der Waals surface area (Å²) in [4.78, 5) is 13.3. The van der Waals surface area contributed by atoms with Crippen molar-refractivity contribution in [3.8, 4) is 6.07 Å². The van der Waals surface area contributed by atoms with Crippen LogP contribution in [0.5, 0.6) is 0 Å². The Morgan fingerprint density at radius 3 is 2.60 bits per heavy atom. The van der Waals surface area contributed by atoms with Gasteiger partial charge in [-0.15, -0.1) is 11.3 Å². The van der Waals surface area contributed by atoms with Crippen LogP contribution in [0.15, 0.2) is 4.47 Å². The Balaban J connectivity index is 2.36. The third-order valence-electron chi connectivity index (χ3n) is 3.20. The van der Waals surface area contributed by atoms with E-state index >= 15 is 0 Å². The van der Waals surface area contributed by atoms with Crippen molar-refractivity contribution in [1.29, 1.82) is 5.26 Å². The molecule has 2 rings (SSSR count). The van der Waals surface area contributed by atoms with E-state index in [-0.39, 0.29) is 5.91 Å². The number of rotatable bonds is 2. The number of hydrogen-bond acceptors (Lipinski definition) is 4. The van der Waals surface area contributed by atoms with Gasteiger partial charge in [0.2, 0.25) is 0 Å². The molecule has 2 heterocycles. The van der Waals surface area contributed by atoms with Crippen LogP contribution in [0.1, 0.15) is 32.2 Å². The molecule has 2 aromatic rings. The number of anilines is 1. The normalized spacial score (nSPS) is 10.4. The summed E-state index contributed by atoms with van der Waals surface area (Å²) in [5, 5.41) is 16.7. The number of nitrogens with one attached hydrogen (secondary N) is 1. The average molecular weight is 353 g/mol. The molecule has 0 aliphatic heterocycles. The van der Waals surface area contributed by atoms with Crippen LogP contribution >= 0.6 is 27.3 Å². The highest BCUT2D eigenvalue weighted by Crippen LogP contribution is 2.32. The third-order valence-corrected chi connectivity index (χ3v) is 5.27. The monoisotopic (exact) mass is 352 g/mol. The number of nitriles is 1. The van der Waals surface area contributed by atoms with Crippen LogP contribution in [0.4, 0.5) is 5.00 Å². The Kier molecular flexibility index (Phi) is 3.97. The smallest absolute Gasteiger partial charge is 0.277 e. The molecule has 0 aliphatic carbocycles. The zero-order chi connectivity index (χ0) is 15.0. The minimum atomic E-state index is -0.321. The summed E-state index contributed by atoms with van der Waals surface area (Å²) < 4.78 is 2.30. The molecular weight excluding hydrogens is 340 g/mol.